The fourth-order valence-electron chi connectivity index (χ4n) is 3.60. The summed E-state index contributed by atoms with van der Waals surface area (Å²) in [5, 5.41) is 4.21. The van der Waals surface area contributed by atoms with Gasteiger partial charge in [0.05, 0.1) is 0 Å². The molecule has 2 N–H and O–H groups in total. The Morgan fingerprint density at radius 2 is 1.96 bits per heavy atom. The Morgan fingerprint density at radius 3 is 2.71 bits per heavy atom. The number of aromatic nitrogens is 2. The van der Waals surface area contributed by atoms with Gasteiger partial charge in [0.1, 0.15) is 5.75 Å². The van der Waals surface area contributed by atoms with Crippen LogP contribution in [0.4, 0.5) is 0 Å². The highest BCUT2D eigenvalue weighted by Gasteiger charge is 2.25. The van der Waals surface area contributed by atoms with E-state index in [0.29, 0.717) is 11.7 Å². The predicted octanol–water partition coefficient (Wildman–Crippen LogP) is 5.61. The maximum absolute atomic E-state index is 6.22. The summed E-state index contributed by atoms with van der Waals surface area (Å²) in [6.45, 7) is 4.17. The average molecular weight is 442 g/mol. The van der Waals surface area contributed by atoms with E-state index in [1.54, 1.807) is 0 Å². The molecule has 0 fully saturated rings. The molecule has 1 heterocycles. The van der Waals surface area contributed by atoms with Crippen LogP contribution in [0.15, 0.2) is 51.5 Å². The summed E-state index contributed by atoms with van der Waals surface area (Å²) < 4.78 is 12.7. The lowest BCUT2D eigenvalue weighted by molar-refractivity contribution is 0.141. The third-order valence-electron chi connectivity index (χ3n) is 5.13. The van der Waals surface area contributed by atoms with E-state index in [1.807, 2.05) is 30.3 Å². The van der Waals surface area contributed by atoms with Gasteiger partial charge in [-0.25, -0.2) is 0 Å². The van der Waals surface area contributed by atoms with Crippen LogP contribution in [-0.4, -0.2) is 10.1 Å². The van der Waals surface area contributed by atoms with Crippen molar-refractivity contribution in [2.75, 3.05) is 0 Å². The SMILES string of the molecule is CC(C)C(Oc1ccc(Br)cc1)c1noc(-c2ccc3c(c2)CCCC3N)n1. The molecule has 2 aromatic carbocycles. The summed E-state index contributed by atoms with van der Waals surface area (Å²) in [5.74, 6) is 2.04. The Labute approximate surface area is 173 Å². The Balaban J connectivity index is 1.59. The number of nitrogens with zero attached hydrogens (tertiary/aromatic N) is 2. The van der Waals surface area contributed by atoms with Crippen LogP contribution in [0.3, 0.4) is 0 Å². The first kappa shape index (κ1) is 19.2. The second kappa shape index (κ2) is 8.05. The number of ether oxygens (including phenoxy) is 1. The topological polar surface area (TPSA) is 74.2 Å². The Bertz CT molecular complexity index is 953. The van der Waals surface area contributed by atoms with Crippen LogP contribution in [0.25, 0.3) is 11.5 Å². The zero-order valence-electron chi connectivity index (χ0n) is 16.1. The van der Waals surface area contributed by atoms with E-state index in [0.717, 1.165) is 35.0 Å². The fourth-order valence-corrected chi connectivity index (χ4v) is 3.86. The number of rotatable bonds is 5. The van der Waals surface area contributed by atoms with Crippen LogP contribution in [0.2, 0.25) is 0 Å². The number of hydrogen-bond donors (Lipinski definition) is 1. The number of fused-ring (bicyclic) bond motifs is 1. The molecule has 5 nitrogen and oxygen atoms in total. The van der Waals surface area contributed by atoms with Crippen molar-refractivity contribution in [3.05, 3.63) is 63.9 Å². The summed E-state index contributed by atoms with van der Waals surface area (Å²) >= 11 is 3.44. The number of halogens is 1. The van der Waals surface area contributed by atoms with Crippen molar-refractivity contribution < 1.29 is 9.26 Å². The zero-order valence-corrected chi connectivity index (χ0v) is 17.6. The molecule has 2 unspecified atom stereocenters. The summed E-state index contributed by atoms with van der Waals surface area (Å²) in [7, 11) is 0. The minimum atomic E-state index is -0.287. The molecule has 0 radical (unpaired) electrons. The van der Waals surface area contributed by atoms with Gasteiger partial charge in [-0.3, -0.25) is 0 Å². The highest BCUT2D eigenvalue weighted by Crippen LogP contribution is 2.33. The second-order valence-electron chi connectivity index (χ2n) is 7.61. The van der Waals surface area contributed by atoms with Crippen molar-refractivity contribution in [1.82, 2.24) is 10.1 Å². The van der Waals surface area contributed by atoms with Gasteiger partial charge in [-0.1, -0.05) is 41.0 Å². The molecule has 0 aliphatic heterocycles. The lowest BCUT2D eigenvalue weighted by atomic mass is 9.87. The highest BCUT2D eigenvalue weighted by molar-refractivity contribution is 9.10. The molecule has 28 heavy (non-hydrogen) atoms. The second-order valence-corrected chi connectivity index (χ2v) is 8.52. The van der Waals surface area contributed by atoms with E-state index in [9.17, 15) is 0 Å². The van der Waals surface area contributed by atoms with Gasteiger partial charge in [-0.2, -0.15) is 4.98 Å². The third-order valence-corrected chi connectivity index (χ3v) is 5.66. The zero-order chi connectivity index (χ0) is 19.7. The Hall–Kier alpha value is -2.18. The number of hydrogen-bond acceptors (Lipinski definition) is 5. The predicted molar refractivity (Wildman–Crippen MR) is 112 cm³/mol. The van der Waals surface area contributed by atoms with Crippen LogP contribution < -0.4 is 10.5 Å². The smallest absolute Gasteiger partial charge is 0.258 e. The lowest BCUT2D eigenvalue weighted by Crippen LogP contribution is -2.17. The van der Waals surface area contributed by atoms with Crippen molar-refractivity contribution in [1.29, 1.82) is 0 Å². The Morgan fingerprint density at radius 1 is 1.18 bits per heavy atom. The number of nitrogens with two attached hydrogens (primary N) is 1. The quantitative estimate of drug-likeness (QED) is 0.556. The summed E-state index contributed by atoms with van der Waals surface area (Å²) in [5.41, 5.74) is 9.66. The van der Waals surface area contributed by atoms with Gasteiger partial charge in [0, 0.05) is 16.1 Å². The standard InChI is InChI=1S/C22H24BrN3O2/c1-13(2)20(27-17-9-7-16(23)8-10-17)21-25-22(28-26-21)15-6-11-18-14(12-15)4-3-5-19(18)24/h6-13,19-20H,3-5,24H2,1-2H3. The van der Waals surface area contributed by atoms with Gasteiger partial charge in [0.15, 0.2) is 6.10 Å². The van der Waals surface area contributed by atoms with Crippen LogP contribution >= 0.6 is 15.9 Å². The van der Waals surface area contributed by atoms with Gasteiger partial charge in [0.2, 0.25) is 5.82 Å². The van der Waals surface area contributed by atoms with Crippen molar-refractivity contribution in [3.63, 3.8) is 0 Å². The minimum Gasteiger partial charge on any atom is -0.482 e. The molecule has 0 bridgehead atoms. The molecule has 6 heteroatoms. The summed E-state index contributed by atoms with van der Waals surface area (Å²) in [6, 6.07) is 14.1. The van der Waals surface area contributed by atoms with E-state index in [-0.39, 0.29) is 18.1 Å². The largest absolute Gasteiger partial charge is 0.482 e. The molecule has 0 saturated carbocycles. The Kier molecular flexibility index (Phi) is 5.51. The van der Waals surface area contributed by atoms with Gasteiger partial charge in [-0.05, 0) is 72.7 Å². The van der Waals surface area contributed by atoms with Crippen molar-refractivity contribution >= 4 is 15.9 Å². The molecule has 1 aromatic heterocycles. The molecule has 4 rings (SSSR count). The van der Waals surface area contributed by atoms with Gasteiger partial charge in [0.25, 0.3) is 5.89 Å². The number of aryl methyl sites for hydroxylation is 1. The molecular formula is C22H24BrN3O2. The first-order valence-electron chi connectivity index (χ1n) is 9.66. The average Bonchev–Trinajstić information content (AvgIpc) is 3.17. The summed E-state index contributed by atoms with van der Waals surface area (Å²) in [6.07, 6.45) is 2.91. The van der Waals surface area contributed by atoms with E-state index in [1.165, 1.54) is 11.1 Å². The minimum absolute atomic E-state index is 0.126. The first-order chi connectivity index (χ1) is 13.5. The van der Waals surface area contributed by atoms with E-state index in [4.69, 9.17) is 15.0 Å². The highest BCUT2D eigenvalue weighted by atomic mass is 79.9. The van der Waals surface area contributed by atoms with Crippen LogP contribution in [-0.2, 0) is 6.42 Å². The van der Waals surface area contributed by atoms with E-state index in [2.05, 4.69) is 52.1 Å². The van der Waals surface area contributed by atoms with E-state index >= 15 is 0 Å². The molecule has 0 saturated heterocycles. The van der Waals surface area contributed by atoms with Crippen LogP contribution in [0, 0.1) is 5.92 Å². The normalized spacial score (nSPS) is 17.4. The van der Waals surface area contributed by atoms with Crippen molar-refractivity contribution in [2.24, 2.45) is 11.7 Å². The lowest BCUT2D eigenvalue weighted by Gasteiger charge is -2.22. The van der Waals surface area contributed by atoms with Crippen LogP contribution in [0.5, 0.6) is 5.75 Å². The van der Waals surface area contributed by atoms with Crippen LogP contribution in [0.1, 0.15) is 55.8 Å². The maximum atomic E-state index is 6.22. The van der Waals surface area contributed by atoms with Crippen molar-refractivity contribution in [2.45, 2.75) is 45.3 Å². The van der Waals surface area contributed by atoms with E-state index < -0.39 is 0 Å². The third kappa shape index (κ3) is 3.98. The van der Waals surface area contributed by atoms with Gasteiger partial charge >= 0.3 is 0 Å². The molecule has 1 aliphatic carbocycles. The molecule has 3 aromatic rings. The molecule has 0 amide bonds. The fraction of sp³-hybridized carbons (Fsp3) is 0.364. The molecular weight excluding hydrogens is 418 g/mol. The maximum Gasteiger partial charge on any atom is 0.258 e. The van der Waals surface area contributed by atoms with Crippen molar-refractivity contribution in [3.8, 4) is 17.2 Å². The molecule has 1 aliphatic rings. The van der Waals surface area contributed by atoms with Gasteiger partial charge in [-0.15, -0.1) is 0 Å². The van der Waals surface area contributed by atoms with Gasteiger partial charge < -0.3 is 15.0 Å². The monoisotopic (exact) mass is 441 g/mol. The molecule has 2 atom stereocenters. The number of benzene rings is 2. The molecule has 0 spiro atoms. The molecule has 146 valence electrons. The first-order valence-corrected chi connectivity index (χ1v) is 10.4. The summed E-state index contributed by atoms with van der Waals surface area (Å²) in [4.78, 5) is 4.64.